The Balaban J connectivity index is 1.61. The van der Waals surface area contributed by atoms with Gasteiger partial charge in [-0.15, -0.1) is 0 Å². The van der Waals surface area contributed by atoms with Crippen molar-refractivity contribution in [2.24, 2.45) is 0 Å². The molecule has 132 valence electrons. The largest absolute Gasteiger partial charge is 0.335 e. The monoisotopic (exact) mass is 348 g/mol. The summed E-state index contributed by atoms with van der Waals surface area (Å²) < 4.78 is 0. The fourth-order valence-electron chi connectivity index (χ4n) is 4.02. The summed E-state index contributed by atoms with van der Waals surface area (Å²) in [5, 5.41) is 4.08. The van der Waals surface area contributed by atoms with Gasteiger partial charge in [0.05, 0.1) is 0 Å². The Labute approximate surface area is 150 Å². The molecule has 0 radical (unpaired) electrons. The molecule has 24 heavy (non-hydrogen) atoms. The van der Waals surface area contributed by atoms with Gasteiger partial charge in [-0.3, -0.25) is 0 Å². The van der Waals surface area contributed by atoms with Crippen LogP contribution in [0.3, 0.4) is 0 Å². The van der Waals surface area contributed by atoms with Crippen molar-refractivity contribution in [3.63, 3.8) is 0 Å². The standard InChI is InChI=1S/C20H29ClN2O/c21-18-12-10-16(11-13-18)17-7-5-6-14-23(15-17)20(24)22-19-8-3-1-2-4-9-19/h10-13,17,19H,1-9,14-15H2,(H,22,24). The second kappa shape index (κ2) is 8.75. The molecular formula is C20H29ClN2O. The van der Waals surface area contributed by atoms with Crippen LogP contribution in [0, 0.1) is 0 Å². The van der Waals surface area contributed by atoms with Gasteiger partial charge >= 0.3 is 6.03 Å². The molecule has 1 N–H and O–H groups in total. The average Bonchev–Trinajstić information content (AvgIpc) is 2.98. The zero-order valence-electron chi connectivity index (χ0n) is 14.5. The number of urea groups is 1. The van der Waals surface area contributed by atoms with Gasteiger partial charge in [0.1, 0.15) is 0 Å². The highest BCUT2D eigenvalue weighted by atomic mass is 35.5. The summed E-state index contributed by atoms with van der Waals surface area (Å²) in [6.07, 6.45) is 10.8. The summed E-state index contributed by atoms with van der Waals surface area (Å²) >= 11 is 6.01. The molecule has 1 atom stereocenters. The second-order valence-electron chi connectivity index (χ2n) is 7.33. The van der Waals surface area contributed by atoms with Gasteiger partial charge in [-0.25, -0.2) is 4.79 Å². The van der Waals surface area contributed by atoms with E-state index in [0.717, 1.165) is 43.8 Å². The van der Waals surface area contributed by atoms with E-state index in [-0.39, 0.29) is 6.03 Å². The molecule has 1 unspecified atom stereocenters. The van der Waals surface area contributed by atoms with E-state index in [2.05, 4.69) is 17.4 Å². The van der Waals surface area contributed by atoms with Gasteiger partial charge in [0, 0.05) is 30.1 Å². The molecule has 2 amide bonds. The molecule has 0 spiro atoms. The Morgan fingerprint density at radius 2 is 1.62 bits per heavy atom. The predicted molar refractivity (Wildman–Crippen MR) is 99.6 cm³/mol. The number of carbonyl (C=O) groups is 1. The zero-order valence-corrected chi connectivity index (χ0v) is 15.2. The van der Waals surface area contributed by atoms with Gasteiger partial charge in [-0.1, -0.05) is 55.8 Å². The molecule has 3 nitrogen and oxygen atoms in total. The topological polar surface area (TPSA) is 32.3 Å². The Morgan fingerprint density at radius 3 is 2.33 bits per heavy atom. The van der Waals surface area contributed by atoms with Gasteiger partial charge in [-0.05, 0) is 43.4 Å². The van der Waals surface area contributed by atoms with Crippen molar-refractivity contribution in [1.29, 1.82) is 0 Å². The first-order valence-corrected chi connectivity index (χ1v) is 9.91. The SMILES string of the molecule is O=C(NC1CCCCCC1)N1CCCCC(c2ccc(Cl)cc2)C1. The fraction of sp³-hybridized carbons (Fsp3) is 0.650. The summed E-state index contributed by atoms with van der Waals surface area (Å²) in [7, 11) is 0. The van der Waals surface area contributed by atoms with Crippen molar-refractivity contribution >= 4 is 17.6 Å². The lowest BCUT2D eigenvalue weighted by Crippen LogP contribution is -2.46. The average molecular weight is 349 g/mol. The third kappa shape index (κ3) is 4.89. The third-order valence-electron chi connectivity index (χ3n) is 5.48. The number of nitrogens with zero attached hydrogens (tertiary/aromatic N) is 1. The molecule has 1 saturated carbocycles. The van der Waals surface area contributed by atoms with Crippen LogP contribution in [0.4, 0.5) is 4.79 Å². The zero-order chi connectivity index (χ0) is 16.8. The summed E-state index contributed by atoms with van der Waals surface area (Å²) in [5.74, 6) is 0.421. The maximum absolute atomic E-state index is 12.8. The van der Waals surface area contributed by atoms with E-state index in [1.165, 1.54) is 37.7 Å². The number of amides is 2. The summed E-state index contributed by atoms with van der Waals surface area (Å²) in [4.78, 5) is 14.8. The van der Waals surface area contributed by atoms with Gasteiger partial charge in [-0.2, -0.15) is 0 Å². The van der Waals surface area contributed by atoms with Crippen molar-refractivity contribution in [3.8, 4) is 0 Å². The van der Waals surface area contributed by atoms with Crippen LogP contribution < -0.4 is 5.32 Å². The van der Waals surface area contributed by atoms with Crippen LogP contribution in [0.2, 0.25) is 5.02 Å². The predicted octanol–water partition coefficient (Wildman–Crippen LogP) is 5.34. The van der Waals surface area contributed by atoms with E-state index >= 15 is 0 Å². The van der Waals surface area contributed by atoms with Gasteiger partial charge in [0.15, 0.2) is 0 Å². The Bertz CT molecular complexity index is 523. The van der Waals surface area contributed by atoms with Crippen molar-refractivity contribution in [1.82, 2.24) is 10.2 Å². The molecule has 2 aliphatic rings. The van der Waals surface area contributed by atoms with E-state index in [0.29, 0.717) is 12.0 Å². The summed E-state index contributed by atoms with van der Waals surface area (Å²) in [5.41, 5.74) is 1.30. The number of halogens is 1. The lowest BCUT2D eigenvalue weighted by molar-refractivity contribution is 0.192. The van der Waals surface area contributed by atoms with Gasteiger partial charge < -0.3 is 10.2 Å². The highest BCUT2D eigenvalue weighted by molar-refractivity contribution is 6.30. The number of likely N-dealkylation sites (tertiary alicyclic amines) is 1. The number of rotatable bonds is 2. The van der Waals surface area contributed by atoms with Gasteiger partial charge in [0.2, 0.25) is 0 Å². The molecule has 1 saturated heterocycles. The van der Waals surface area contributed by atoms with E-state index < -0.39 is 0 Å². The molecule has 2 fully saturated rings. The lowest BCUT2D eigenvalue weighted by Gasteiger charge is -2.27. The molecular weight excluding hydrogens is 320 g/mol. The quantitative estimate of drug-likeness (QED) is 0.718. The first kappa shape index (κ1) is 17.6. The van der Waals surface area contributed by atoms with Crippen LogP contribution in [0.5, 0.6) is 0 Å². The molecule has 3 rings (SSSR count). The normalized spacial score (nSPS) is 23.4. The summed E-state index contributed by atoms with van der Waals surface area (Å²) in [6, 6.07) is 8.65. The maximum atomic E-state index is 12.8. The van der Waals surface area contributed by atoms with Crippen LogP contribution in [0.15, 0.2) is 24.3 Å². The smallest absolute Gasteiger partial charge is 0.317 e. The first-order chi connectivity index (χ1) is 11.7. The molecule has 0 bridgehead atoms. The fourth-order valence-corrected chi connectivity index (χ4v) is 4.15. The first-order valence-electron chi connectivity index (χ1n) is 9.53. The molecule has 0 aromatic heterocycles. The maximum Gasteiger partial charge on any atom is 0.317 e. The van der Waals surface area contributed by atoms with Crippen LogP contribution in [-0.2, 0) is 0 Å². The number of carbonyl (C=O) groups excluding carboxylic acids is 1. The van der Waals surface area contributed by atoms with E-state index in [1.807, 2.05) is 17.0 Å². The Morgan fingerprint density at radius 1 is 0.958 bits per heavy atom. The molecule has 1 aliphatic heterocycles. The number of hydrogen-bond donors (Lipinski definition) is 1. The molecule has 1 aliphatic carbocycles. The van der Waals surface area contributed by atoms with Gasteiger partial charge in [0.25, 0.3) is 0 Å². The number of benzene rings is 1. The van der Waals surface area contributed by atoms with E-state index in [1.54, 1.807) is 0 Å². The minimum absolute atomic E-state index is 0.141. The van der Waals surface area contributed by atoms with Crippen molar-refractivity contribution in [2.45, 2.75) is 69.7 Å². The molecule has 4 heteroatoms. The van der Waals surface area contributed by atoms with Crippen molar-refractivity contribution in [3.05, 3.63) is 34.9 Å². The lowest BCUT2D eigenvalue weighted by atomic mass is 9.94. The Hall–Kier alpha value is -1.22. The minimum atomic E-state index is 0.141. The highest BCUT2D eigenvalue weighted by Crippen LogP contribution is 2.27. The van der Waals surface area contributed by atoms with Crippen LogP contribution in [0.25, 0.3) is 0 Å². The number of hydrogen-bond acceptors (Lipinski definition) is 1. The minimum Gasteiger partial charge on any atom is -0.335 e. The molecule has 1 aromatic rings. The molecule has 1 heterocycles. The van der Waals surface area contributed by atoms with Crippen molar-refractivity contribution < 1.29 is 4.79 Å². The van der Waals surface area contributed by atoms with Crippen molar-refractivity contribution in [2.75, 3.05) is 13.1 Å². The van der Waals surface area contributed by atoms with E-state index in [4.69, 9.17) is 11.6 Å². The van der Waals surface area contributed by atoms with E-state index in [9.17, 15) is 4.79 Å². The van der Waals surface area contributed by atoms with Crippen LogP contribution in [-0.4, -0.2) is 30.1 Å². The second-order valence-corrected chi connectivity index (χ2v) is 7.76. The Kier molecular flexibility index (Phi) is 6.42. The summed E-state index contributed by atoms with van der Waals surface area (Å²) in [6.45, 7) is 1.70. The molecule has 1 aromatic carbocycles. The van der Waals surface area contributed by atoms with Crippen LogP contribution in [0.1, 0.15) is 69.3 Å². The number of nitrogens with one attached hydrogen (secondary N) is 1. The highest BCUT2D eigenvalue weighted by Gasteiger charge is 2.25. The third-order valence-corrected chi connectivity index (χ3v) is 5.73. The van der Waals surface area contributed by atoms with Crippen LogP contribution >= 0.6 is 11.6 Å².